The first-order chi connectivity index (χ1) is 14.0. The minimum atomic E-state index is -1.27. The van der Waals surface area contributed by atoms with E-state index in [2.05, 4.69) is 27.8 Å². The molecule has 9 N–H and O–H groups in total. The van der Waals surface area contributed by atoms with E-state index in [4.69, 9.17) is 26.8 Å². The molecule has 14 nitrogen and oxygen atoms in total. The predicted molar refractivity (Wildman–Crippen MR) is 110 cm³/mol. The van der Waals surface area contributed by atoms with Crippen LogP contribution in [0, 0.1) is 4.91 Å². The van der Waals surface area contributed by atoms with E-state index < -0.39 is 54.4 Å². The fourth-order valence-corrected chi connectivity index (χ4v) is 2.24. The van der Waals surface area contributed by atoms with Crippen molar-refractivity contribution in [2.75, 3.05) is 18.1 Å². The number of nitrogens with two attached hydrogens (primary N) is 2. The lowest BCUT2D eigenvalue weighted by molar-refractivity contribution is -0.139. The van der Waals surface area contributed by atoms with E-state index in [-0.39, 0.29) is 18.6 Å². The van der Waals surface area contributed by atoms with E-state index in [9.17, 15) is 28.9 Å². The number of rotatable bonds is 14. The van der Waals surface area contributed by atoms with Crippen molar-refractivity contribution in [3.05, 3.63) is 4.91 Å². The van der Waals surface area contributed by atoms with Crippen molar-refractivity contribution in [3.63, 3.8) is 0 Å². The predicted octanol–water partition coefficient (Wildman–Crippen LogP) is -2.00. The average molecular weight is 472 g/mol. The van der Waals surface area contributed by atoms with Gasteiger partial charge in [0.2, 0.25) is 11.8 Å². The van der Waals surface area contributed by atoms with Crippen molar-refractivity contribution in [2.24, 2.45) is 16.0 Å². The van der Waals surface area contributed by atoms with Gasteiger partial charge in [0, 0.05) is 28.7 Å². The number of aliphatic carboxylic acids is 3. The molecule has 0 aromatic rings. The Kier molecular flexibility index (Phi) is 17.3. The van der Waals surface area contributed by atoms with Crippen LogP contribution in [-0.2, 0) is 24.0 Å². The first-order valence-electron chi connectivity index (χ1n) is 8.27. The van der Waals surface area contributed by atoms with Crippen molar-refractivity contribution >= 4 is 54.3 Å². The molecular formula is C14H25N5O9S2. The highest BCUT2D eigenvalue weighted by atomic mass is 32.2. The highest BCUT2D eigenvalue weighted by Gasteiger charge is 2.22. The first-order valence-corrected chi connectivity index (χ1v) is 9.84. The Morgan fingerprint density at radius 1 is 1.00 bits per heavy atom. The van der Waals surface area contributed by atoms with Gasteiger partial charge in [-0.2, -0.15) is 12.6 Å². The monoisotopic (exact) mass is 471 g/mol. The number of carbonyl (C=O) groups excluding carboxylic acids is 2. The van der Waals surface area contributed by atoms with Crippen LogP contribution in [0.15, 0.2) is 4.58 Å². The molecule has 0 aliphatic rings. The minimum absolute atomic E-state index is 0.135. The van der Waals surface area contributed by atoms with Gasteiger partial charge in [0.05, 0.1) is 0 Å². The number of carboxylic acid groups (broad SMARTS) is 3. The maximum atomic E-state index is 11.7. The molecule has 172 valence electrons. The number of carboxylic acids is 3. The maximum Gasteiger partial charge on any atom is 0.322 e. The zero-order valence-corrected chi connectivity index (χ0v) is 17.4. The van der Waals surface area contributed by atoms with Crippen LogP contribution >= 0.6 is 24.6 Å². The first kappa shape index (κ1) is 29.8. The molecule has 16 heteroatoms. The van der Waals surface area contributed by atoms with Gasteiger partial charge in [-0.05, 0) is 18.6 Å². The van der Waals surface area contributed by atoms with Gasteiger partial charge >= 0.3 is 17.9 Å². The third-order valence-corrected chi connectivity index (χ3v) is 3.96. The molecule has 0 spiro atoms. The quantitative estimate of drug-likeness (QED) is 0.0777. The molecule has 3 atom stereocenters. The highest BCUT2D eigenvalue weighted by Crippen LogP contribution is 2.05. The molecule has 0 radical (unpaired) electrons. The average Bonchev–Trinajstić information content (AvgIpc) is 2.67. The van der Waals surface area contributed by atoms with Crippen LogP contribution in [0.4, 0.5) is 0 Å². The largest absolute Gasteiger partial charge is 0.480 e. The molecule has 0 aromatic carbocycles. The smallest absolute Gasteiger partial charge is 0.322 e. The summed E-state index contributed by atoms with van der Waals surface area (Å²) in [5.41, 5.74) is 10.3. The fraction of sp³-hybridized carbons (Fsp3) is 0.643. The maximum absolute atomic E-state index is 11.7. The van der Waals surface area contributed by atoms with Crippen LogP contribution in [0.5, 0.6) is 0 Å². The molecule has 2 amide bonds. The Hall–Kier alpha value is -2.43. The number of nitroso groups, excluding NO2 is 1. The van der Waals surface area contributed by atoms with Gasteiger partial charge in [-0.1, -0.05) is 0 Å². The van der Waals surface area contributed by atoms with E-state index in [0.717, 1.165) is 0 Å². The lowest BCUT2D eigenvalue weighted by Gasteiger charge is -2.16. The molecule has 0 rings (SSSR count). The summed E-state index contributed by atoms with van der Waals surface area (Å²) in [5.74, 6) is -4.61. The molecule has 0 heterocycles. The van der Waals surface area contributed by atoms with E-state index in [1.54, 1.807) is 0 Å². The minimum Gasteiger partial charge on any atom is -0.480 e. The Morgan fingerprint density at radius 2 is 1.53 bits per heavy atom. The van der Waals surface area contributed by atoms with Crippen molar-refractivity contribution in [3.8, 4) is 0 Å². The second-order valence-corrected chi connectivity index (χ2v) is 6.73. The molecular weight excluding hydrogens is 446 g/mol. The van der Waals surface area contributed by atoms with E-state index in [1.165, 1.54) is 0 Å². The highest BCUT2D eigenvalue weighted by molar-refractivity contribution is 7.97. The molecule has 0 saturated heterocycles. The number of amides is 2. The zero-order valence-electron chi connectivity index (χ0n) is 15.7. The SMILES string of the molecule is NC(CCC(=O)NC(CSN=O)C(=O)NCC(=O)O)C(=O)O.NC(CCS)C(=O)O. The summed E-state index contributed by atoms with van der Waals surface area (Å²) in [7, 11) is 0. The molecule has 0 saturated carbocycles. The van der Waals surface area contributed by atoms with Crippen LogP contribution < -0.4 is 22.1 Å². The fourth-order valence-electron chi connectivity index (χ4n) is 1.51. The van der Waals surface area contributed by atoms with Crippen LogP contribution in [0.2, 0.25) is 0 Å². The second kappa shape index (κ2) is 17.4. The number of carbonyl (C=O) groups is 5. The zero-order chi connectivity index (χ0) is 23.7. The Bertz CT molecular complexity index is 608. The molecule has 0 aliphatic carbocycles. The van der Waals surface area contributed by atoms with E-state index in [1.807, 2.05) is 0 Å². The van der Waals surface area contributed by atoms with Gasteiger partial charge in [-0.3, -0.25) is 24.0 Å². The summed E-state index contributed by atoms with van der Waals surface area (Å²) in [6.07, 6.45) is 0.0531. The number of nitrogens with one attached hydrogen (secondary N) is 2. The van der Waals surface area contributed by atoms with Gasteiger partial charge in [0.25, 0.3) is 0 Å². The number of hydrogen-bond donors (Lipinski definition) is 8. The van der Waals surface area contributed by atoms with Crippen LogP contribution in [0.1, 0.15) is 19.3 Å². The Labute approximate surface area is 181 Å². The van der Waals surface area contributed by atoms with Crippen LogP contribution in [-0.4, -0.2) is 81.2 Å². The lowest BCUT2D eigenvalue weighted by Crippen LogP contribution is -2.49. The Morgan fingerprint density at radius 3 is 1.93 bits per heavy atom. The molecule has 0 aromatic heterocycles. The topological polar surface area (TPSA) is 252 Å². The van der Waals surface area contributed by atoms with Crippen LogP contribution in [0.3, 0.4) is 0 Å². The Balaban J connectivity index is 0. The molecule has 3 unspecified atom stereocenters. The summed E-state index contributed by atoms with van der Waals surface area (Å²) in [5, 5.41) is 29.5. The van der Waals surface area contributed by atoms with E-state index in [0.29, 0.717) is 24.1 Å². The third kappa shape index (κ3) is 16.5. The molecule has 30 heavy (non-hydrogen) atoms. The van der Waals surface area contributed by atoms with Gasteiger partial charge in [-0.25, -0.2) is 0 Å². The number of nitrogens with zero attached hydrogens (tertiary/aromatic N) is 1. The van der Waals surface area contributed by atoms with Gasteiger partial charge in [-0.15, -0.1) is 4.91 Å². The van der Waals surface area contributed by atoms with Gasteiger partial charge in [0.1, 0.15) is 24.7 Å². The number of thiol groups is 1. The van der Waals surface area contributed by atoms with Crippen molar-refractivity contribution in [1.82, 2.24) is 10.6 Å². The van der Waals surface area contributed by atoms with Crippen molar-refractivity contribution in [2.45, 2.75) is 37.4 Å². The molecule has 0 aliphatic heterocycles. The third-order valence-electron chi connectivity index (χ3n) is 3.12. The molecule has 0 fully saturated rings. The lowest BCUT2D eigenvalue weighted by atomic mass is 10.1. The van der Waals surface area contributed by atoms with Gasteiger partial charge in [0.15, 0.2) is 0 Å². The summed E-state index contributed by atoms with van der Waals surface area (Å²) < 4.78 is 2.48. The summed E-state index contributed by atoms with van der Waals surface area (Å²) in [4.78, 5) is 64.1. The van der Waals surface area contributed by atoms with Crippen LogP contribution in [0.25, 0.3) is 0 Å². The summed E-state index contributed by atoms with van der Waals surface area (Å²) >= 11 is 4.29. The summed E-state index contributed by atoms with van der Waals surface area (Å²) in [6, 6.07) is -3.13. The standard InChI is InChI=1S/C10H16N4O7S.C4H9NO2S/c11-5(10(19)20)1-2-7(15)13-6(4-22-14-21)9(18)12-3-8(16)17;5-3(1-2-8)4(6)7/h5-6H,1-4,11H2,(H,12,18)(H,13,15)(H,16,17)(H,19,20);3,8H,1-2,5H2,(H,6,7). The van der Waals surface area contributed by atoms with E-state index >= 15 is 0 Å². The van der Waals surface area contributed by atoms with Crippen molar-refractivity contribution < 1.29 is 39.3 Å². The number of hydrogen-bond acceptors (Lipinski definition) is 11. The van der Waals surface area contributed by atoms with Gasteiger partial charge < -0.3 is 37.4 Å². The van der Waals surface area contributed by atoms with Crippen molar-refractivity contribution in [1.29, 1.82) is 0 Å². The normalized spacial score (nSPS) is 12.9. The summed E-state index contributed by atoms with van der Waals surface area (Å²) in [6.45, 7) is -0.645. The molecule has 0 bridgehead atoms. The second-order valence-electron chi connectivity index (χ2n) is 5.54.